The fraction of sp³-hybridized carbons (Fsp3) is 0.333. The topological polar surface area (TPSA) is 75.6 Å². The molecule has 1 fully saturated rings. The van der Waals surface area contributed by atoms with Crippen LogP contribution in [-0.4, -0.2) is 34.8 Å². The van der Waals surface area contributed by atoms with Crippen molar-refractivity contribution in [1.82, 2.24) is 5.32 Å². The summed E-state index contributed by atoms with van der Waals surface area (Å²) >= 11 is 0.911. The Morgan fingerprint density at radius 3 is 2.68 bits per heavy atom. The number of hydrogen-bond acceptors (Lipinski definition) is 5. The zero-order valence-corrected chi connectivity index (χ0v) is 10.8. The van der Waals surface area contributed by atoms with Crippen molar-refractivity contribution in [2.45, 2.75) is 16.7 Å². The molecule has 1 aliphatic rings. The largest absolute Gasteiger partial charge is 0.479 e. The minimum Gasteiger partial charge on any atom is -0.479 e. The highest BCUT2D eigenvalue weighted by Crippen LogP contribution is 2.38. The van der Waals surface area contributed by atoms with Crippen LogP contribution in [0.25, 0.3) is 0 Å². The van der Waals surface area contributed by atoms with Crippen molar-refractivity contribution in [3.63, 3.8) is 0 Å². The highest BCUT2D eigenvalue weighted by molar-refractivity contribution is 8.02. The average Bonchev–Trinajstić information content (AvgIpc) is 2.83. The first-order chi connectivity index (χ1) is 9.04. The molecule has 1 unspecified atom stereocenters. The van der Waals surface area contributed by atoms with Gasteiger partial charge in [0.25, 0.3) is 0 Å². The van der Waals surface area contributed by atoms with E-state index in [2.05, 4.69) is 10.1 Å². The predicted octanol–water partition coefficient (Wildman–Crippen LogP) is 1.16. The standard InChI is InChI=1S/C12H12FNO4S/c1-18-12(17)9-8(14-10(19-9)11(15)16)6-4-2-3-5-7(6)13/h2-5,8-10,14H,1H3,(H,15,16)/t8-,9-,10?/m0/s1. The average molecular weight is 285 g/mol. The Bertz CT molecular complexity index is 510. The Morgan fingerprint density at radius 2 is 2.11 bits per heavy atom. The van der Waals surface area contributed by atoms with Gasteiger partial charge in [0, 0.05) is 5.56 Å². The lowest BCUT2D eigenvalue weighted by Gasteiger charge is -2.17. The Labute approximate surface area is 113 Å². The van der Waals surface area contributed by atoms with E-state index in [9.17, 15) is 14.0 Å². The number of esters is 1. The van der Waals surface area contributed by atoms with Gasteiger partial charge in [-0.25, -0.2) is 9.18 Å². The number of carbonyl (C=O) groups is 2. The summed E-state index contributed by atoms with van der Waals surface area (Å²) in [6.07, 6.45) is 0. The lowest BCUT2D eigenvalue weighted by atomic mass is 10.0. The van der Waals surface area contributed by atoms with Crippen molar-refractivity contribution >= 4 is 23.7 Å². The highest BCUT2D eigenvalue weighted by Gasteiger charge is 2.44. The van der Waals surface area contributed by atoms with Gasteiger partial charge in [-0.2, -0.15) is 0 Å². The van der Waals surface area contributed by atoms with Crippen molar-refractivity contribution in [3.05, 3.63) is 35.6 Å². The van der Waals surface area contributed by atoms with Crippen LogP contribution < -0.4 is 5.32 Å². The quantitative estimate of drug-likeness (QED) is 0.812. The number of carbonyl (C=O) groups excluding carboxylic acids is 1. The third-order valence-electron chi connectivity index (χ3n) is 2.81. The lowest BCUT2D eigenvalue weighted by Crippen LogP contribution is -2.33. The van der Waals surface area contributed by atoms with Gasteiger partial charge in [-0.05, 0) is 6.07 Å². The molecule has 19 heavy (non-hydrogen) atoms. The number of carboxylic acids is 1. The van der Waals surface area contributed by atoms with E-state index in [-0.39, 0.29) is 5.56 Å². The number of methoxy groups -OCH3 is 1. The minimum atomic E-state index is -1.10. The van der Waals surface area contributed by atoms with Gasteiger partial charge < -0.3 is 9.84 Å². The first-order valence-electron chi connectivity index (χ1n) is 5.51. The predicted molar refractivity (Wildman–Crippen MR) is 67.1 cm³/mol. The Morgan fingerprint density at radius 1 is 1.42 bits per heavy atom. The summed E-state index contributed by atoms with van der Waals surface area (Å²) in [5.41, 5.74) is 0.258. The van der Waals surface area contributed by atoms with Gasteiger partial charge in [-0.15, -0.1) is 11.8 Å². The molecule has 1 saturated heterocycles. The van der Waals surface area contributed by atoms with Gasteiger partial charge >= 0.3 is 11.9 Å². The summed E-state index contributed by atoms with van der Waals surface area (Å²) in [6.45, 7) is 0. The number of thioether (sulfide) groups is 1. The van der Waals surface area contributed by atoms with E-state index in [1.54, 1.807) is 6.07 Å². The van der Waals surface area contributed by atoms with Crippen LogP contribution in [0.2, 0.25) is 0 Å². The van der Waals surface area contributed by atoms with Crippen LogP contribution in [0.4, 0.5) is 4.39 Å². The van der Waals surface area contributed by atoms with Crippen LogP contribution in [-0.2, 0) is 14.3 Å². The molecule has 0 aliphatic carbocycles. The lowest BCUT2D eigenvalue weighted by molar-refractivity contribution is -0.141. The van der Waals surface area contributed by atoms with E-state index in [0.717, 1.165) is 11.8 Å². The maximum absolute atomic E-state index is 13.8. The zero-order valence-electron chi connectivity index (χ0n) is 10.00. The van der Waals surface area contributed by atoms with Gasteiger partial charge in [0.2, 0.25) is 0 Å². The van der Waals surface area contributed by atoms with Crippen molar-refractivity contribution in [1.29, 1.82) is 0 Å². The van der Waals surface area contributed by atoms with Crippen molar-refractivity contribution in [2.24, 2.45) is 0 Å². The van der Waals surface area contributed by atoms with Crippen LogP contribution in [0, 0.1) is 5.82 Å². The van der Waals surface area contributed by atoms with E-state index in [0.29, 0.717) is 0 Å². The van der Waals surface area contributed by atoms with Gasteiger partial charge in [0.05, 0.1) is 13.2 Å². The molecule has 7 heteroatoms. The molecular weight excluding hydrogens is 273 g/mol. The molecular formula is C12H12FNO4S. The van der Waals surface area contributed by atoms with Crippen LogP contribution >= 0.6 is 11.8 Å². The second-order valence-electron chi connectivity index (χ2n) is 3.96. The number of rotatable bonds is 3. The fourth-order valence-corrected chi connectivity index (χ4v) is 3.16. The minimum absolute atomic E-state index is 0.258. The SMILES string of the molecule is COC(=O)[C@H]1SC(C(=O)O)N[C@H]1c1ccccc1F. The first kappa shape index (κ1) is 13.8. The molecule has 102 valence electrons. The molecule has 3 atom stereocenters. The summed E-state index contributed by atoms with van der Waals surface area (Å²) in [5, 5.41) is 9.97. The van der Waals surface area contributed by atoms with Crippen molar-refractivity contribution < 1.29 is 23.8 Å². The summed E-state index contributed by atoms with van der Waals surface area (Å²) in [6, 6.07) is 5.23. The summed E-state index contributed by atoms with van der Waals surface area (Å²) in [4.78, 5) is 22.7. The summed E-state index contributed by atoms with van der Waals surface area (Å²) in [5.74, 6) is -2.16. The molecule has 2 rings (SSSR count). The molecule has 0 aromatic heterocycles. The molecule has 5 nitrogen and oxygen atoms in total. The van der Waals surface area contributed by atoms with Crippen LogP contribution in [0.15, 0.2) is 24.3 Å². The van der Waals surface area contributed by atoms with Gasteiger partial charge in [0.15, 0.2) is 5.37 Å². The molecule has 0 spiro atoms. The Kier molecular flexibility index (Phi) is 4.06. The Balaban J connectivity index is 2.33. The number of carboxylic acid groups (broad SMARTS) is 1. The fourth-order valence-electron chi connectivity index (χ4n) is 1.93. The van der Waals surface area contributed by atoms with E-state index in [1.165, 1.54) is 25.3 Å². The van der Waals surface area contributed by atoms with Crippen LogP contribution in [0.1, 0.15) is 11.6 Å². The molecule has 0 amide bonds. The number of aliphatic carboxylic acids is 1. The molecule has 1 aliphatic heterocycles. The number of benzene rings is 1. The van der Waals surface area contributed by atoms with E-state index in [1.807, 2.05) is 0 Å². The van der Waals surface area contributed by atoms with Crippen LogP contribution in [0.5, 0.6) is 0 Å². The maximum Gasteiger partial charge on any atom is 0.331 e. The first-order valence-corrected chi connectivity index (χ1v) is 6.45. The zero-order chi connectivity index (χ0) is 14.0. The number of halogens is 1. The van der Waals surface area contributed by atoms with Crippen molar-refractivity contribution in [2.75, 3.05) is 7.11 Å². The maximum atomic E-state index is 13.8. The molecule has 0 saturated carbocycles. The van der Waals surface area contributed by atoms with E-state index in [4.69, 9.17) is 5.11 Å². The second kappa shape index (κ2) is 5.58. The third kappa shape index (κ3) is 2.71. The smallest absolute Gasteiger partial charge is 0.331 e. The second-order valence-corrected chi connectivity index (χ2v) is 5.22. The molecule has 1 heterocycles. The van der Waals surface area contributed by atoms with Crippen LogP contribution in [0.3, 0.4) is 0 Å². The molecule has 1 aromatic rings. The van der Waals surface area contributed by atoms with E-state index >= 15 is 0 Å². The highest BCUT2D eigenvalue weighted by atomic mass is 32.2. The van der Waals surface area contributed by atoms with Gasteiger partial charge in [-0.3, -0.25) is 10.1 Å². The third-order valence-corrected chi connectivity index (χ3v) is 4.18. The molecule has 1 aromatic carbocycles. The Hall–Kier alpha value is -1.60. The molecule has 0 radical (unpaired) electrons. The van der Waals surface area contributed by atoms with E-state index < -0.39 is 34.4 Å². The number of hydrogen-bond donors (Lipinski definition) is 2. The molecule has 2 N–H and O–H groups in total. The number of ether oxygens (including phenoxy) is 1. The van der Waals surface area contributed by atoms with Crippen molar-refractivity contribution in [3.8, 4) is 0 Å². The molecule has 0 bridgehead atoms. The van der Waals surface area contributed by atoms with Gasteiger partial charge in [-0.1, -0.05) is 18.2 Å². The monoisotopic (exact) mass is 285 g/mol. The summed E-state index contributed by atoms with van der Waals surface area (Å²) < 4.78 is 18.4. The number of nitrogens with one attached hydrogen (secondary N) is 1. The normalized spacial score (nSPS) is 26.1. The summed E-state index contributed by atoms with van der Waals surface area (Å²) in [7, 11) is 1.22. The van der Waals surface area contributed by atoms with Gasteiger partial charge in [0.1, 0.15) is 11.1 Å².